The third-order valence-corrected chi connectivity index (χ3v) is 4.60. The van der Waals surface area contributed by atoms with Crippen molar-refractivity contribution in [1.82, 2.24) is 9.78 Å². The van der Waals surface area contributed by atoms with Crippen molar-refractivity contribution in [1.29, 1.82) is 0 Å². The predicted molar refractivity (Wildman–Crippen MR) is 95.7 cm³/mol. The zero-order valence-electron chi connectivity index (χ0n) is 13.2. The van der Waals surface area contributed by atoms with Gasteiger partial charge < -0.3 is 5.32 Å². The van der Waals surface area contributed by atoms with Crippen LogP contribution in [0.3, 0.4) is 0 Å². The molecule has 3 aromatic rings. The SMILES string of the molecule is Cc1ccc(-n2nc(-c3ccc(Cl)cc3)c3c2NCC3)c(C)c1. The van der Waals surface area contributed by atoms with Gasteiger partial charge in [0.2, 0.25) is 0 Å². The van der Waals surface area contributed by atoms with E-state index in [1.165, 1.54) is 16.7 Å². The summed E-state index contributed by atoms with van der Waals surface area (Å²) in [4.78, 5) is 0. The highest BCUT2D eigenvalue weighted by Gasteiger charge is 2.24. The van der Waals surface area contributed by atoms with Crippen molar-refractivity contribution in [2.24, 2.45) is 0 Å². The Morgan fingerprint density at radius 2 is 1.87 bits per heavy atom. The quantitative estimate of drug-likeness (QED) is 0.735. The monoisotopic (exact) mass is 323 g/mol. The molecule has 2 heterocycles. The zero-order valence-corrected chi connectivity index (χ0v) is 14.0. The molecule has 1 N–H and O–H groups in total. The minimum atomic E-state index is 0.748. The van der Waals surface area contributed by atoms with Crippen molar-refractivity contribution in [3.8, 4) is 16.9 Å². The molecule has 0 aliphatic carbocycles. The van der Waals surface area contributed by atoms with Crippen LogP contribution in [0, 0.1) is 13.8 Å². The number of hydrogen-bond donors (Lipinski definition) is 1. The Labute approximate surface area is 140 Å². The van der Waals surface area contributed by atoms with E-state index in [-0.39, 0.29) is 0 Å². The number of benzene rings is 2. The number of halogens is 1. The maximum atomic E-state index is 6.02. The molecule has 2 aromatic carbocycles. The number of nitrogens with one attached hydrogen (secondary N) is 1. The fourth-order valence-corrected chi connectivity index (χ4v) is 3.36. The maximum absolute atomic E-state index is 6.02. The Balaban J connectivity index is 1.89. The van der Waals surface area contributed by atoms with Gasteiger partial charge in [-0.15, -0.1) is 0 Å². The first kappa shape index (κ1) is 14.3. The van der Waals surface area contributed by atoms with Gasteiger partial charge in [0, 0.05) is 22.7 Å². The van der Waals surface area contributed by atoms with E-state index in [2.05, 4.69) is 37.4 Å². The molecule has 1 aliphatic rings. The topological polar surface area (TPSA) is 29.9 Å². The van der Waals surface area contributed by atoms with Crippen molar-refractivity contribution in [3.63, 3.8) is 0 Å². The van der Waals surface area contributed by atoms with Crippen LogP contribution in [-0.4, -0.2) is 16.3 Å². The van der Waals surface area contributed by atoms with Gasteiger partial charge in [-0.25, -0.2) is 4.68 Å². The first-order valence-electron chi connectivity index (χ1n) is 7.83. The van der Waals surface area contributed by atoms with Crippen LogP contribution in [0.1, 0.15) is 16.7 Å². The molecule has 0 saturated heterocycles. The minimum Gasteiger partial charge on any atom is -0.369 e. The van der Waals surface area contributed by atoms with Gasteiger partial charge in [-0.2, -0.15) is 5.10 Å². The Morgan fingerprint density at radius 3 is 2.61 bits per heavy atom. The van der Waals surface area contributed by atoms with Gasteiger partial charge >= 0.3 is 0 Å². The van der Waals surface area contributed by atoms with Crippen LogP contribution in [0.25, 0.3) is 16.9 Å². The van der Waals surface area contributed by atoms with Crippen LogP contribution in [0.4, 0.5) is 5.82 Å². The molecule has 0 unspecified atom stereocenters. The second-order valence-electron chi connectivity index (χ2n) is 6.06. The summed E-state index contributed by atoms with van der Waals surface area (Å²) >= 11 is 6.02. The van der Waals surface area contributed by atoms with Gasteiger partial charge in [0.1, 0.15) is 5.82 Å². The van der Waals surface area contributed by atoms with E-state index in [4.69, 9.17) is 16.7 Å². The molecule has 0 saturated carbocycles. The number of aromatic nitrogens is 2. The summed E-state index contributed by atoms with van der Waals surface area (Å²) in [7, 11) is 0. The summed E-state index contributed by atoms with van der Waals surface area (Å²) in [6.07, 6.45) is 0.998. The number of rotatable bonds is 2. The van der Waals surface area contributed by atoms with Gasteiger partial charge in [-0.1, -0.05) is 41.4 Å². The van der Waals surface area contributed by atoms with Gasteiger partial charge in [0.25, 0.3) is 0 Å². The van der Waals surface area contributed by atoms with E-state index in [0.29, 0.717) is 0 Å². The van der Waals surface area contributed by atoms with Crippen LogP contribution in [-0.2, 0) is 6.42 Å². The Morgan fingerprint density at radius 1 is 1.09 bits per heavy atom. The maximum Gasteiger partial charge on any atom is 0.133 e. The molecule has 4 heteroatoms. The third-order valence-electron chi connectivity index (χ3n) is 4.35. The first-order chi connectivity index (χ1) is 11.1. The number of hydrogen-bond acceptors (Lipinski definition) is 2. The van der Waals surface area contributed by atoms with E-state index in [1.54, 1.807) is 0 Å². The van der Waals surface area contributed by atoms with Crippen molar-refractivity contribution >= 4 is 17.4 Å². The van der Waals surface area contributed by atoms with E-state index in [1.807, 2.05) is 28.9 Å². The number of nitrogens with zero attached hydrogens (tertiary/aromatic N) is 2. The second kappa shape index (κ2) is 5.43. The molecule has 0 bridgehead atoms. The van der Waals surface area contributed by atoms with Crippen LogP contribution >= 0.6 is 11.6 Å². The molecule has 0 spiro atoms. The lowest BCUT2D eigenvalue weighted by Gasteiger charge is -2.10. The molecule has 1 aliphatic heterocycles. The zero-order chi connectivity index (χ0) is 16.0. The largest absolute Gasteiger partial charge is 0.369 e. The molecule has 23 heavy (non-hydrogen) atoms. The Kier molecular flexibility index (Phi) is 3.38. The van der Waals surface area contributed by atoms with Crippen molar-refractivity contribution in [2.75, 3.05) is 11.9 Å². The molecule has 0 radical (unpaired) electrons. The van der Waals surface area contributed by atoms with Crippen LogP contribution in [0.5, 0.6) is 0 Å². The standard InChI is InChI=1S/C19H18ClN3/c1-12-3-8-17(13(2)11-12)23-19-16(9-10-21-19)18(22-23)14-4-6-15(20)7-5-14/h3-8,11,21H,9-10H2,1-2H3. The summed E-state index contributed by atoms with van der Waals surface area (Å²) in [6, 6.07) is 14.4. The van der Waals surface area contributed by atoms with E-state index >= 15 is 0 Å². The molecular weight excluding hydrogens is 306 g/mol. The third kappa shape index (κ3) is 2.41. The minimum absolute atomic E-state index is 0.748. The smallest absolute Gasteiger partial charge is 0.133 e. The lowest BCUT2D eigenvalue weighted by molar-refractivity contribution is 0.874. The fraction of sp³-hybridized carbons (Fsp3) is 0.211. The number of anilines is 1. The highest BCUT2D eigenvalue weighted by atomic mass is 35.5. The average molecular weight is 324 g/mol. The molecule has 0 amide bonds. The average Bonchev–Trinajstić information content (AvgIpc) is 3.11. The molecule has 4 rings (SSSR count). The molecule has 3 nitrogen and oxygen atoms in total. The van der Waals surface area contributed by atoms with E-state index in [9.17, 15) is 0 Å². The lowest BCUT2D eigenvalue weighted by Crippen LogP contribution is -2.05. The molecule has 116 valence electrons. The Hall–Kier alpha value is -2.26. The van der Waals surface area contributed by atoms with Gasteiger partial charge in [0.05, 0.1) is 11.4 Å². The normalized spacial score (nSPS) is 13.0. The summed E-state index contributed by atoms with van der Waals surface area (Å²) in [6.45, 7) is 5.20. The van der Waals surface area contributed by atoms with Gasteiger partial charge in [0.15, 0.2) is 0 Å². The Bertz CT molecular complexity index is 878. The highest BCUT2D eigenvalue weighted by Crippen LogP contribution is 2.35. The van der Waals surface area contributed by atoms with Crippen molar-refractivity contribution in [3.05, 3.63) is 64.2 Å². The lowest BCUT2D eigenvalue weighted by atomic mass is 10.1. The predicted octanol–water partition coefficient (Wildman–Crippen LogP) is 4.78. The van der Waals surface area contributed by atoms with Crippen LogP contribution in [0.15, 0.2) is 42.5 Å². The first-order valence-corrected chi connectivity index (χ1v) is 8.20. The van der Waals surface area contributed by atoms with E-state index in [0.717, 1.165) is 40.8 Å². The molecular formula is C19H18ClN3. The number of aryl methyl sites for hydroxylation is 2. The van der Waals surface area contributed by atoms with E-state index < -0.39 is 0 Å². The van der Waals surface area contributed by atoms with Crippen molar-refractivity contribution in [2.45, 2.75) is 20.3 Å². The molecule has 0 atom stereocenters. The summed E-state index contributed by atoms with van der Waals surface area (Å²) in [5.74, 6) is 1.11. The number of fused-ring (bicyclic) bond motifs is 1. The second-order valence-corrected chi connectivity index (χ2v) is 6.50. The summed E-state index contributed by atoms with van der Waals surface area (Å²) < 4.78 is 2.04. The van der Waals surface area contributed by atoms with Crippen LogP contribution < -0.4 is 5.32 Å². The molecule has 1 aromatic heterocycles. The highest BCUT2D eigenvalue weighted by molar-refractivity contribution is 6.30. The van der Waals surface area contributed by atoms with Gasteiger partial charge in [-0.3, -0.25) is 0 Å². The molecule has 0 fully saturated rings. The summed E-state index contributed by atoms with van der Waals surface area (Å²) in [5.41, 5.74) is 7.06. The van der Waals surface area contributed by atoms with Gasteiger partial charge in [-0.05, 0) is 44.0 Å². The fourth-order valence-electron chi connectivity index (χ4n) is 3.23. The van der Waals surface area contributed by atoms with Crippen molar-refractivity contribution < 1.29 is 0 Å². The van der Waals surface area contributed by atoms with Crippen LogP contribution in [0.2, 0.25) is 5.02 Å². The summed E-state index contributed by atoms with van der Waals surface area (Å²) in [5, 5.41) is 9.14.